The molecular formula is C16H17BrN2O4S. The second-order valence-corrected chi connectivity index (χ2v) is 7.74. The van der Waals surface area contributed by atoms with Crippen LogP contribution in [-0.4, -0.2) is 26.0 Å². The van der Waals surface area contributed by atoms with Crippen molar-refractivity contribution in [3.63, 3.8) is 0 Å². The normalized spacial score (nSPS) is 11.2. The predicted octanol–water partition coefficient (Wildman–Crippen LogP) is 2.77. The Morgan fingerprint density at radius 2 is 1.92 bits per heavy atom. The summed E-state index contributed by atoms with van der Waals surface area (Å²) in [6, 6.07) is 11.3. The van der Waals surface area contributed by atoms with Crippen molar-refractivity contribution in [1.82, 2.24) is 4.72 Å². The van der Waals surface area contributed by atoms with Gasteiger partial charge in [-0.2, -0.15) is 0 Å². The number of benzene rings is 2. The number of anilines is 1. The van der Waals surface area contributed by atoms with Crippen LogP contribution in [0.25, 0.3) is 0 Å². The van der Waals surface area contributed by atoms with Gasteiger partial charge < -0.3 is 10.4 Å². The van der Waals surface area contributed by atoms with Crippen LogP contribution in [-0.2, 0) is 14.8 Å². The third-order valence-electron chi connectivity index (χ3n) is 3.20. The maximum atomic E-state index is 12.2. The van der Waals surface area contributed by atoms with Crippen molar-refractivity contribution in [2.75, 3.05) is 11.9 Å². The molecule has 0 aliphatic carbocycles. The summed E-state index contributed by atoms with van der Waals surface area (Å²) >= 11 is 3.18. The van der Waals surface area contributed by atoms with Crippen molar-refractivity contribution in [3.05, 3.63) is 52.5 Å². The number of amides is 1. The highest BCUT2D eigenvalue weighted by atomic mass is 79.9. The summed E-state index contributed by atoms with van der Waals surface area (Å²) in [6.45, 7) is 1.77. The number of nitrogens with one attached hydrogen (secondary N) is 2. The number of phenols is 1. The molecular weight excluding hydrogens is 396 g/mol. The van der Waals surface area contributed by atoms with Crippen LogP contribution in [0.5, 0.6) is 5.75 Å². The first-order valence-electron chi connectivity index (χ1n) is 7.13. The van der Waals surface area contributed by atoms with Crippen LogP contribution in [0, 0.1) is 6.92 Å². The van der Waals surface area contributed by atoms with Crippen LogP contribution in [0.3, 0.4) is 0 Å². The average Bonchev–Trinajstić information content (AvgIpc) is 2.50. The van der Waals surface area contributed by atoms with Gasteiger partial charge in [-0.1, -0.05) is 18.2 Å². The molecule has 0 saturated heterocycles. The van der Waals surface area contributed by atoms with E-state index in [-0.39, 0.29) is 23.6 Å². The van der Waals surface area contributed by atoms with Crippen LogP contribution in [0.2, 0.25) is 0 Å². The third kappa shape index (κ3) is 4.80. The average molecular weight is 413 g/mol. The highest BCUT2D eigenvalue weighted by Gasteiger charge is 2.17. The molecule has 2 rings (SSSR count). The lowest BCUT2D eigenvalue weighted by Gasteiger charge is -2.10. The Hall–Kier alpha value is -1.90. The Balaban J connectivity index is 1.92. The molecule has 24 heavy (non-hydrogen) atoms. The molecule has 0 aromatic heterocycles. The molecule has 0 fully saturated rings. The number of hydrogen-bond donors (Lipinski definition) is 3. The lowest BCUT2D eigenvalue weighted by Crippen LogP contribution is -2.28. The number of aromatic hydroxyl groups is 1. The van der Waals surface area contributed by atoms with Crippen molar-refractivity contribution in [2.45, 2.75) is 18.2 Å². The van der Waals surface area contributed by atoms with E-state index < -0.39 is 15.9 Å². The molecule has 0 radical (unpaired) electrons. The zero-order chi connectivity index (χ0) is 17.7. The predicted molar refractivity (Wildman–Crippen MR) is 95.4 cm³/mol. The largest absolute Gasteiger partial charge is 0.506 e. The van der Waals surface area contributed by atoms with Gasteiger partial charge in [-0.25, -0.2) is 13.1 Å². The lowest BCUT2D eigenvalue weighted by molar-refractivity contribution is -0.116. The van der Waals surface area contributed by atoms with E-state index in [1.165, 1.54) is 12.1 Å². The van der Waals surface area contributed by atoms with Gasteiger partial charge in [0.25, 0.3) is 0 Å². The molecule has 6 nitrogen and oxygen atoms in total. The lowest BCUT2D eigenvalue weighted by atomic mass is 10.2. The van der Waals surface area contributed by atoms with E-state index in [1.54, 1.807) is 30.3 Å². The fourth-order valence-electron chi connectivity index (χ4n) is 2.00. The molecule has 0 spiro atoms. The molecule has 1 amide bonds. The Kier molecular flexibility index (Phi) is 5.98. The highest BCUT2D eigenvalue weighted by Crippen LogP contribution is 2.24. The second-order valence-electron chi connectivity index (χ2n) is 5.15. The monoisotopic (exact) mass is 412 g/mol. The van der Waals surface area contributed by atoms with Crippen LogP contribution >= 0.6 is 15.9 Å². The van der Waals surface area contributed by atoms with E-state index in [0.29, 0.717) is 10.2 Å². The first-order valence-corrected chi connectivity index (χ1v) is 9.41. The van der Waals surface area contributed by atoms with Gasteiger partial charge in [-0.15, -0.1) is 0 Å². The molecule has 2 aromatic rings. The van der Waals surface area contributed by atoms with Crippen molar-refractivity contribution in [3.8, 4) is 5.75 Å². The minimum atomic E-state index is -3.70. The Morgan fingerprint density at radius 1 is 1.21 bits per heavy atom. The molecule has 128 valence electrons. The van der Waals surface area contributed by atoms with Crippen LogP contribution < -0.4 is 10.0 Å². The number of phenolic OH excluding ortho intramolecular Hbond substituents is 1. The van der Waals surface area contributed by atoms with Gasteiger partial charge in [-0.3, -0.25) is 4.79 Å². The molecule has 0 aliphatic heterocycles. The van der Waals surface area contributed by atoms with E-state index in [2.05, 4.69) is 26.0 Å². The molecule has 8 heteroatoms. The number of rotatable bonds is 6. The maximum absolute atomic E-state index is 12.2. The van der Waals surface area contributed by atoms with Gasteiger partial charge in [0.1, 0.15) is 5.75 Å². The Morgan fingerprint density at radius 3 is 2.58 bits per heavy atom. The molecule has 0 atom stereocenters. The quantitative estimate of drug-likeness (QED) is 0.635. The summed E-state index contributed by atoms with van der Waals surface area (Å²) in [4.78, 5) is 12.0. The minimum absolute atomic E-state index is 0.0304. The smallest absolute Gasteiger partial charge is 0.241 e. The molecule has 0 unspecified atom stereocenters. The second kappa shape index (κ2) is 7.78. The molecule has 2 aromatic carbocycles. The zero-order valence-electron chi connectivity index (χ0n) is 12.9. The van der Waals surface area contributed by atoms with Gasteiger partial charge in [-0.05, 0) is 52.7 Å². The molecule has 0 aliphatic rings. The molecule has 0 heterocycles. The fourth-order valence-corrected chi connectivity index (χ4v) is 4.03. The van der Waals surface area contributed by atoms with Gasteiger partial charge in [0.15, 0.2) is 0 Å². The maximum Gasteiger partial charge on any atom is 0.241 e. The first-order chi connectivity index (χ1) is 11.3. The van der Waals surface area contributed by atoms with Gasteiger partial charge >= 0.3 is 0 Å². The summed E-state index contributed by atoms with van der Waals surface area (Å²) in [7, 11) is -3.70. The Labute approximate surface area is 149 Å². The van der Waals surface area contributed by atoms with Gasteiger partial charge in [0, 0.05) is 17.4 Å². The minimum Gasteiger partial charge on any atom is -0.506 e. The number of aryl methyl sites for hydroxylation is 1. The first kappa shape index (κ1) is 18.4. The third-order valence-corrected chi connectivity index (χ3v) is 5.67. The van der Waals surface area contributed by atoms with E-state index >= 15 is 0 Å². The number of sulfonamides is 1. The van der Waals surface area contributed by atoms with E-state index in [4.69, 9.17) is 0 Å². The summed E-state index contributed by atoms with van der Waals surface area (Å²) in [6.07, 6.45) is -0.0585. The molecule has 0 saturated carbocycles. The number of hydrogen-bond acceptors (Lipinski definition) is 4. The number of carbonyl (C=O) groups excluding carboxylic acids is 1. The van der Waals surface area contributed by atoms with Crippen molar-refractivity contribution in [1.29, 1.82) is 0 Å². The zero-order valence-corrected chi connectivity index (χ0v) is 15.3. The van der Waals surface area contributed by atoms with Crippen molar-refractivity contribution < 1.29 is 18.3 Å². The van der Waals surface area contributed by atoms with E-state index in [0.717, 1.165) is 5.56 Å². The Bertz CT molecular complexity index is 853. The summed E-state index contributed by atoms with van der Waals surface area (Å²) in [5, 5.41) is 12.3. The fraction of sp³-hybridized carbons (Fsp3) is 0.188. The highest BCUT2D eigenvalue weighted by molar-refractivity contribution is 9.10. The topological polar surface area (TPSA) is 95.5 Å². The SMILES string of the molecule is Cc1ccc(NC(=O)CCNS(=O)(=O)c2ccccc2Br)c(O)c1. The van der Waals surface area contributed by atoms with Crippen molar-refractivity contribution >= 4 is 37.5 Å². The van der Waals surface area contributed by atoms with Gasteiger partial charge in [0.2, 0.25) is 15.9 Å². The number of carbonyl (C=O) groups is 1. The van der Waals surface area contributed by atoms with Crippen LogP contribution in [0.15, 0.2) is 51.8 Å². The summed E-state index contributed by atoms with van der Waals surface area (Å²) in [5.41, 5.74) is 1.16. The summed E-state index contributed by atoms with van der Waals surface area (Å²) in [5.74, 6) is -0.430. The van der Waals surface area contributed by atoms with Crippen LogP contribution in [0.4, 0.5) is 5.69 Å². The van der Waals surface area contributed by atoms with E-state index in [9.17, 15) is 18.3 Å². The van der Waals surface area contributed by atoms with Crippen molar-refractivity contribution in [2.24, 2.45) is 0 Å². The number of halogens is 1. The standard InChI is InChI=1S/C16H17BrN2O4S/c1-11-6-7-13(14(20)10-11)19-16(21)8-9-18-24(22,23)15-5-3-2-4-12(15)17/h2-7,10,18,20H,8-9H2,1H3,(H,19,21). The molecule has 3 N–H and O–H groups in total. The summed E-state index contributed by atoms with van der Waals surface area (Å²) < 4.78 is 27.2. The molecule has 0 bridgehead atoms. The van der Waals surface area contributed by atoms with Crippen LogP contribution in [0.1, 0.15) is 12.0 Å². The van der Waals surface area contributed by atoms with E-state index in [1.807, 2.05) is 6.92 Å². The van der Waals surface area contributed by atoms with Gasteiger partial charge in [0.05, 0.1) is 10.6 Å².